The Hall–Kier alpha value is -0.0800. The van der Waals surface area contributed by atoms with Crippen LogP contribution in [0.25, 0.3) is 0 Å². The van der Waals surface area contributed by atoms with E-state index in [0.29, 0.717) is 6.04 Å². The summed E-state index contributed by atoms with van der Waals surface area (Å²) in [5, 5.41) is 10.0. The molecule has 2 rings (SSSR count). The lowest BCUT2D eigenvalue weighted by atomic mass is 9.87. The molecule has 1 heterocycles. The monoisotopic (exact) mass is 211 g/mol. The molecular weight excluding hydrogens is 186 g/mol. The van der Waals surface area contributed by atoms with Crippen molar-refractivity contribution in [3.63, 3.8) is 0 Å². The molecule has 3 atom stereocenters. The van der Waals surface area contributed by atoms with Gasteiger partial charge in [0.15, 0.2) is 0 Å². The fraction of sp³-hybridized carbons (Fsp3) is 1.00. The lowest BCUT2D eigenvalue weighted by Crippen LogP contribution is -2.49. The maximum absolute atomic E-state index is 10.0. The van der Waals surface area contributed by atoms with Gasteiger partial charge in [0.2, 0.25) is 0 Å². The van der Waals surface area contributed by atoms with E-state index in [4.69, 9.17) is 0 Å². The van der Waals surface area contributed by atoms with Crippen molar-refractivity contribution in [2.45, 2.75) is 64.0 Å². The molecule has 0 aromatic carbocycles. The summed E-state index contributed by atoms with van der Waals surface area (Å²) in [4.78, 5) is 2.57. The lowest BCUT2D eigenvalue weighted by Gasteiger charge is -2.42. The highest BCUT2D eigenvalue weighted by Crippen LogP contribution is 2.28. The van der Waals surface area contributed by atoms with E-state index in [1.165, 1.54) is 51.6 Å². The van der Waals surface area contributed by atoms with Crippen molar-refractivity contribution in [3.05, 3.63) is 0 Å². The number of likely N-dealkylation sites (tertiary alicyclic amines) is 1. The largest absolute Gasteiger partial charge is 0.391 e. The minimum Gasteiger partial charge on any atom is -0.391 e. The van der Waals surface area contributed by atoms with Crippen molar-refractivity contribution in [1.29, 1.82) is 0 Å². The van der Waals surface area contributed by atoms with Crippen LogP contribution in [0.4, 0.5) is 0 Å². The minimum atomic E-state index is -0.0469. The topological polar surface area (TPSA) is 23.5 Å². The van der Waals surface area contributed by atoms with Gasteiger partial charge in [-0.2, -0.15) is 0 Å². The van der Waals surface area contributed by atoms with E-state index in [1.54, 1.807) is 0 Å². The first-order valence-electron chi connectivity index (χ1n) is 6.73. The van der Waals surface area contributed by atoms with Crippen LogP contribution in [0.15, 0.2) is 0 Å². The average Bonchev–Trinajstić information content (AvgIpc) is 2.30. The van der Waals surface area contributed by atoms with Crippen molar-refractivity contribution in [2.75, 3.05) is 13.1 Å². The van der Waals surface area contributed by atoms with Gasteiger partial charge >= 0.3 is 0 Å². The van der Waals surface area contributed by atoms with E-state index in [0.717, 1.165) is 12.3 Å². The van der Waals surface area contributed by atoms with E-state index >= 15 is 0 Å². The molecular formula is C13H25NO. The average molecular weight is 211 g/mol. The molecule has 2 nitrogen and oxygen atoms in total. The standard InChI is InChI=1S/C13H25NO/c1-2-11-6-5-9-14(10-11)12-7-3-4-8-13(12)15/h11-13,15H,2-10H2,1H3/t11?,12-,13-/m0/s1. The number of aliphatic hydroxyl groups excluding tert-OH is 1. The summed E-state index contributed by atoms with van der Waals surface area (Å²) in [5.74, 6) is 0.882. The van der Waals surface area contributed by atoms with Crippen molar-refractivity contribution in [2.24, 2.45) is 5.92 Å². The third-order valence-electron chi connectivity index (χ3n) is 4.29. The number of nitrogens with zero attached hydrogens (tertiary/aromatic N) is 1. The van der Waals surface area contributed by atoms with Crippen LogP contribution in [0, 0.1) is 5.92 Å². The molecule has 1 N–H and O–H groups in total. The second-order valence-electron chi connectivity index (χ2n) is 5.33. The molecule has 0 aromatic rings. The molecule has 88 valence electrons. The van der Waals surface area contributed by atoms with Gasteiger partial charge in [-0.1, -0.05) is 26.2 Å². The van der Waals surface area contributed by atoms with Gasteiger partial charge in [0.1, 0.15) is 0 Å². The van der Waals surface area contributed by atoms with Gasteiger partial charge in [-0.25, -0.2) is 0 Å². The highest BCUT2D eigenvalue weighted by atomic mass is 16.3. The normalized spacial score (nSPS) is 39.2. The first kappa shape index (κ1) is 11.4. The second kappa shape index (κ2) is 5.31. The Bertz CT molecular complexity index is 195. The predicted molar refractivity (Wildman–Crippen MR) is 62.9 cm³/mol. The summed E-state index contributed by atoms with van der Waals surface area (Å²) < 4.78 is 0. The van der Waals surface area contributed by atoms with Crippen LogP contribution in [0.3, 0.4) is 0 Å². The summed E-state index contributed by atoms with van der Waals surface area (Å²) in [6, 6.07) is 0.480. The van der Waals surface area contributed by atoms with Crippen LogP contribution in [0.5, 0.6) is 0 Å². The first-order chi connectivity index (χ1) is 7.31. The van der Waals surface area contributed by atoms with Gasteiger partial charge in [-0.3, -0.25) is 4.90 Å². The molecule has 1 saturated carbocycles. The summed E-state index contributed by atoms with van der Waals surface area (Å²) in [7, 11) is 0. The molecule has 1 unspecified atom stereocenters. The zero-order valence-corrected chi connectivity index (χ0v) is 9.99. The third kappa shape index (κ3) is 2.73. The van der Waals surface area contributed by atoms with Gasteiger partial charge in [0.25, 0.3) is 0 Å². The molecule has 0 radical (unpaired) electrons. The van der Waals surface area contributed by atoms with E-state index in [2.05, 4.69) is 11.8 Å². The molecule has 0 spiro atoms. The fourth-order valence-corrected chi connectivity index (χ4v) is 3.25. The van der Waals surface area contributed by atoms with Crippen molar-refractivity contribution >= 4 is 0 Å². The first-order valence-corrected chi connectivity index (χ1v) is 6.73. The minimum absolute atomic E-state index is 0.0469. The van der Waals surface area contributed by atoms with Crippen molar-refractivity contribution in [3.8, 4) is 0 Å². The molecule has 2 aliphatic rings. The van der Waals surface area contributed by atoms with E-state index < -0.39 is 0 Å². The summed E-state index contributed by atoms with van der Waals surface area (Å²) >= 11 is 0. The van der Waals surface area contributed by atoms with E-state index in [9.17, 15) is 5.11 Å². The number of aliphatic hydroxyl groups is 1. The summed E-state index contributed by atoms with van der Waals surface area (Å²) in [5.41, 5.74) is 0. The van der Waals surface area contributed by atoms with Gasteiger partial charge in [0.05, 0.1) is 6.10 Å². The predicted octanol–water partition coefficient (Wildman–Crippen LogP) is 2.41. The second-order valence-corrected chi connectivity index (χ2v) is 5.33. The molecule has 2 heteroatoms. The molecule has 15 heavy (non-hydrogen) atoms. The molecule has 0 amide bonds. The van der Waals surface area contributed by atoms with Gasteiger partial charge in [0, 0.05) is 12.6 Å². The van der Waals surface area contributed by atoms with Crippen LogP contribution < -0.4 is 0 Å². The van der Waals surface area contributed by atoms with Crippen LogP contribution in [-0.4, -0.2) is 35.2 Å². The SMILES string of the molecule is CCC1CCCN([C@H]2CCCC[C@@H]2O)C1. The Balaban J connectivity index is 1.90. The molecule has 1 aliphatic heterocycles. The lowest BCUT2D eigenvalue weighted by molar-refractivity contribution is -0.000140. The Kier molecular flexibility index (Phi) is 4.04. The van der Waals surface area contributed by atoms with Crippen molar-refractivity contribution in [1.82, 2.24) is 4.90 Å². The maximum Gasteiger partial charge on any atom is 0.0695 e. The smallest absolute Gasteiger partial charge is 0.0695 e. The maximum atomic E-state index is 10.0. The van der Waals surface area contributed by atoms with Gasteiger partial charge in [-0.15, -0.1) is 0 Å². The van der Waals surface area contributed by atoms with Crippen molar-refractivity contribution < 1.29 is 5.11 Å². The molecule has 0 aromatic heterocycles. The highest BCUT2D eigenvalue weighted by Gasteiger charge is 2.31. The molecule has 0 bridgehead atoms. The Morgan fingerprint density at radius 3 is 2.67 bits per heavy atom. The summed E-state index contributed by atoms with van der Waals surface area (Å²) in [6.07, 6.45) is 8.78. The Labute approximate surface area is 93.7 Å². The van der Waals surface area contributed by atoms with Crippen LogP contribution in [0.1, 0.15) is 51.9 Å². The van der Waals surface area contributed by atoms with E-state index in [1.807, 2.05) is 0 Å². The number of hydrogen-bond donors (Lipinski definition) is 1. The number of rotatable bonds is 2. The van der Waals surface area contributed by atoms with Gasteiger partial charge in [-0.05, 0) is 38.1 Å². The summed E-state index contributed by atoms with van der Waals surface area (Å²) in [6.45, 7) is 4.75. The molecule has 1 saturated heterocycles. The molecule has 2 fully saturated rings. The molecule has 1 aliphatic carbocycles. The Morgan fingerprint density at radius 2 is 1.93 bits per heavy atom. The fourth-order valence-electron chi connectivity index (χ4n) is 3.25. The zero-order chi connectivity index (χ0) is 10.7. The van der Waals surface area contributed by atoms with Crippen LogP contribution in [0.2, 0.25) is 0 Å². The van der Waals surface area contributed by atoms with E-state index in [-0.39, 0.29) is 6.10 Å². The van der Waals surface area contributed by atoms with Gasteiger partial charge < -0.3 is 5.11 Å². The number of piperidine rings is 1. The third-order valence-corrected chi connectivity index (χ3v) is 4.29. The zero-order valence-electron chi connectivity index (χ0n) is 9.99. The quantitative estimate of drug-likeness (QED) is 0.758. The number of hydrogen-bond acceptors (Lipinski definition) is 2. The highest BCUT2D eigenvalue weighted by molar-refractivity contribution is 4.86. The van der Waals surface area contributed by atoms with Crippen LogP contribution >= 0.6 is 0 Å². The Morgan fingerprint density at radius 1 is 1.13 bits per heavy atom. The van der Waals surface area contributed by atoms with Crippen LogP contribution in [-0.2, 0) is 0 Å².